The average Bonchev–Trinajstić information content (AvgIpc) is 2.48. The number of carbonyl (C=O) groups is 1. The third-order valence-corrected chi connectivity index (χ3v) is 4.80. The molecule has 4 nitrogen and oxygen atoms in total. The van der Waals surface area contributed by atoms with Crippen LogP contribution in [0.5, 0.6) is 0 Å². The van der Waals surface area contributed by atoms with Gasteiger partial charge in [-0.25, -0.2) is 0 Å². The fourth-order valence-electron chi connectivity index (χ4n) is 3.02. The molecular formula is C17H26N2O2. The van der Waals surface area contributed by atoms with E-state index in [9.17, 15) is 9.90 Å². The molecule has 1 aromatic carbocycles. The highest BCUT2D eigenvalue weighted by molar-refractivity contribution is 5.74. The zero-order valence-electron chi connectivity index (χ0n) is 13.3. The molecule has 116 valence electrons. The quantitative estimate of drug-likeness (QED) is 0.905. The first kappa shape index (κ1) is 15.8. The molecule has 1 fully saturated rings. The molecule has 0 amide bonds. The third kappa shape index (κ3) is 3.56. The van der Waals surface area contributed by atoms with E-state index in [1.807, 2.05) is 21.0 Å². The number of carboxylic acids is 1. The van der Waals surface area contributed by atoms with Gasteiger partial charge in [0.1, 0.15) is 0 Å². The van der Waals surface area contributed by atoms with Crippen LogP contribution in [0.1, 0.15) is 31.7 Å². The Labute approximate surface area is 127 Å². The van der Waals surface area contributed by atoms with E-state index in [1.165, 1.54) is 11.3 Å². The summed E-state index contributed by atoms with van der Waals surface area (Å²) in [5.41, 5.74) is 2.00. The van der Waals surface area contributed by atoms with Crippen molar-refractivity contribution >= 4 is 11.7 Å². The lowest BCUT2D eigenvalue weighted by molar-refractivity contribution is -0.152. The molecule has 4 heteroatoms. The van der Waals surface area contributed by atoms with E-state index in [0.29, 0.717) is 0 Å². The molecule has 0 atom stereocenters. The minimum atomic E-state index is -0.625. The first-order chi connectivity index (χ1) is 9.97. The Bertz CT molecular complexity index is 474. The summed E-state index contributed by atoms with van der Waals surface area (Å²) in [6.07, 6.45) is 2.25. The summed E-state index contributed by atoms with van der Waals surface area (Å²) >= 11 is 0. The Morgan fingerprint density at radius 3 is 2.24 bits per heavy atom. The van der Waals surface area contributed by atoms with Crippen molar-refractivity contribution in [3.8, 4) is 0 Å². The number of likely N-dealkylation sites (tertiary alicyclic amines) is 1. The van der Waals surface area contributed by atoms with Gasteiger partial charge in [-0.1, -0.05) is 19.1 Å². The monoisotopic (exact) mass is 290 g/mol. The second kappa shape index (κ2) is 6.48. The van der Waals surface area contributed by atoms with E-state index in [0.717, 1.165) is 38.9 Å². The average molecular weight is 290 g/mol. The van der Waals surface area contributed by atoms with E-state index >= 15 is 0 Å². The van der Waals surface area contributed by atoms with Gasteiger partial charge in [0.2, 0.25) is 0 Å². The van der Waals surface area contributed by atoms with Gasteiger partial charge < -0.3 is 10.0 Å². The van der Waals surface area contributed by atoms with Crippen molar-refractivity contribution in [3.63, 3.8) is 0 Å². The minimum absolute atomic E-state index is 0.495. The molecule has 1 aliphatic heterocycles. The molecule has 0 saturated carbocycles. The topological polar surface area (TPSA) is 43.8 Å². The smallest absolute Gasteiger partial charge is 0.309 e. The summed E-state index contributed by atoms with van der Waals surface area (Å²) in [7, 11) is 4.08. The number of aliphatic carboxylic acids is 1. The van der Waals surface area contributed by atoms with Gasteiger partial charge in [-0.05, 0) is 50.0 Å². The van der Waals surface area contributed by atoms with Crippen LogP contribution >= 0.6 is 0 Å². The van der Waals surface area contributed by atoms with Crippen molar-refractivity contribution in [3.05, 3.63) is 29.8 Å². The van der Waals surface area contributed by atoms with Gasteiger partial charge in [0.05, 0.1) is 5.41 Å². The molecule has 21 heavy (non-hydrogen) atoms. The summed E-state index contributed by atoms with van der Waals surface area (Å²) in [5.74, 6) is -0.625. The summed E-state index contributed by atoms with van der Waals surface area (Å²) in [5, 5.41) is 9.42. The van der Waals surface area contributed by atoms with Crippen molar-refractivity contribution in [1.29, 1.82) is 0 Å². The molecule has 0 bridgehead atoms. The SMILES string of the molecule is CCC1(C(=O)O)CCN(Cc2ccc(N(C)C)cc2)CC1. The molecule has 0 spiro atoms. The molecule has 1 aromatic rings. The third-order valence-electron chi connectivity index (χ3n) is 4.80. The normalized spacial score (nSPS) is 18.4. The van der Waals surface area contributed by atoms with Gasteiger partial charge in [0.25, 0.3) is 0 Å². The number of hydrogen-bond acceptors (Lipinski definition) is 3. The van der Waals surface area contributed by atoms with E-state index < -0.39 is 11.4 Å². The second-order valence-electron chi connectivity index (χ2n) is 6.28. The maximum atomic E-state index is 11.5. The Morgan fingerprint density at radius 1 is 1.24 bits per heavy atom. The zero-order chi connectivity index (χ0) is 15.5. The van der Waals surface area contributed by atoms with E-state index in [1.54, 1.807) is 0 Å². The van der Waals surface area contributed by atoms with Crippen LogP contribution in [-0.4, -0.2) is 43.2 Å². The Balaban J connectivity index is 1.93. The second-order valence-corrected chi connectivity index (χ2v) is 6.28. The number of piperidine rings is 1. The molecule has 2 rings (SSSR count). The van der Waals surface area contributed by atoms with Crippen LogP contribution < -0.4 is 4.90 Å². The number of benzene rings is 1. The van der Waals surface area contributed by atoms with Crippen molar-refractivity contribution in [2.75, 3.05) is 32.1 Å². The number of nitrogens with zero attached hydrogens (tertiary/aromatic N) is 2. The molecule has 1 saturated heterocycles. The maximum Gasteiger partial charge on any atom is 0.309 e. The lowest BCUT2D eigenvalue weighted by atomic mass is 9.76. The van der Waals surface area contributed by atoms with Crippen molar-refractivity contribution in [2.24, 2.45) is 5.41 Å². The van der Waals surface area contributed by atoms with Gasteiger partial charge in [-0.2, -0.15) is 0 Å². The Morgan fingerprint density at radius 2 is 1.81 bits per heavy atom. The van der Waals surface area contributed by atoms with Crippen LogP contribution in [-0.2, 0) is 11.3 Å². The molecule has 1 aliphatic rings. The van der Waals surface area contributed by atoms with Crippen LogP contribution in [0.3, 0.4) is 0 Å². The highest BCUT2D eigenvalue weighted by atomic mass is 16.4. The molecule has 0 aliphatic carbocycles. The van der Waals surface area contributed by atoms with Crippen molar-refractivity contribution in [2.45, 2.75) is 32.7 Å². The lowest BCUT2D eigenvalue weighted by Crippen LogP contribution is -2.43. The number of anilines is 1. The van der Waals surface area contributed by atoms with Gasteiger partial charge in [-0.15, -0.1) is 0 Å². The molecule has 0 aromatic heterocycles. The summed E-state index contributed by atoms with van der Waals surface area (Å²) < 4.78 is 0. The first-order valence-corrected chi connectivity index (χ1v) is 7.69. The number of carboxylic acid groups (broad SMARTS) is 1. The zero-order valence-corrected chi connectivity index (χ0v) is 13.3. The summed E-state index contributed by atoms with van der Waals surface area (Å²) in [6, 6.07) is 8.59. The number of hydrogen-bond donors (Lipinski definition) is 1. The molecule has 1 heterocycles. The highest BCUT2D eigenvalue weighted by Gasteiger charge is 2.39. The highest BCUT2D eigenvalue weighted by Crippen LogP contribution is 2.35. The molecule has 1 N–H and O–H groups in total. The van der Waals surface area contributed by atoms with Crippen LogP contribution in [0.2, 0.25) is 0 Å². The largest absolute Gasteiger partial charge is 0.481 e. The Hall–Kier alpha value is -1.55. The van der Waals surface area contributed by atoms with Crippen LogP contribution in [0.25, 0.3) is 0 Å². The van der Waals surface area contributed by atoms with Crippen molar-refractivity contribution in [1.82, 2.24) is 4.90 Å². The van der Waals surface area contributed by atoms with E-state index in [-0.39, 0.29) is 0 Å². The lowest BCUT2D eigenvalue weighted by Gasteiger charge is -2.38. The fourth-order valence-corrected chi connectivity index (χ4v) is 3.02. The van der Waals surface area contributed by atoms with Gasteiger partial charge in [-0.3, -0.25) is 9.69 Å². The first-order valence-electron chi connectivity index (χ1n) is 7.69. The minimum Gasteiger partial charge on any atom is -0.481 e. The maximum absolute atomic E-state index is 11.5. The fraction of sp³-hybridized carbons (Fsp3) is 0.588. The summed E-state index contributed by atoms with van der Waals surface area (Å²) in [6.45, 7) is 4.64. The van der Waals surface area contributed by atoms with Crippen LogP contribution in [0.4, 0.5) is 5.69 Å². The van der Waals surface area contributed by atoms with E-state index in [4.69, 9.17) is 0 Å². The van der Waals surface area contributed by atoms with Crippen LogP contribution in [0.15, 0.2) is 24.3 Å². The predicted molar refractivity (Wildman–Crippen MR) is 85.6 cm³/mol. The van der Waals surface area contributed by atoms with Gasteiger partial charge in [0.15, 0.2) is 0 Å². The molecule has 0 radical (unpaired) electrons. The molecular weight excluding hydrogens is 264 g/mol. The van der Waals surface area contributed by atoms with Crippen LogP contribution in [0, 0.1) is 5.41 Å². The van der Waals surface area contributed by atoms with Gasteiger partial charge >= 0.3 is 5.97 Å². The van der Waals surface area contributed by atoms with E-state index in [2.05, 4.69) is 34.1 Å². The number of rotatable bonds is 5. The summed E-state index contributed by atoms with van der Waals surface area (Å²) in [4.78, 5) is 15.9. The van der Waals surface area contributed by atoms with Gasteiger partial charge in [0, 0.05) is 26.3 Å². The standard InChI is InChI=1S/C17H26N2O2/c1-4-17(16(20)21)9-11-19(12-10-17)13-14-5-7-15(8-6-14)18(2)3/h5-8H,4,9-13H2,1-3H3,(H,20,21). The Kier molecular flexibility index (Phi) is 4.88. The predicted octanol–water partition coefficient (Wildman–Crippen LogP) is 2.83. The van der Waals surface area contributed by atoms with Crippen molar-refractivity contribution < 1.29 is 9.90 Å². The molecule has 0 unspecified atom stereocenters.